The van der Waals surface area contributed by atoms with Crippen LogP contribution in [0.15, 0.2) is 48.0 Å². The molecule has 0 amide bonds. The predicted molar refractivity (Wildman–Crippen MR) is 127 cm³/mol. The van der Waals surface area contributed by atoms with Crippen molar-refractivity contribution in [3.63, 3.8) is 0 Å². The number of rotatable bonds is 9. The Balaban J connectivity index is 1.91. The molecular weight excluding hydrogens is 477 g/mol. The third kappa shape index (κ3) is 6.13. The standard InChI is InChI=1S/C27H31F3O6/c1-6-16(2)26(31)36-15-21-19(11-17-7-9-20(10-8-17)27(28,29)30)14-35-24(21)18-12-22(32-3)25(34-5)23(13-18)33-4/h6-10,12-13,19,21,24H,11,14-15H2,1-5H3/t19-,21-,24+/m0/s1. The summed E-state index contributed by atoms with van der Waals surface area (Å²) in [6.45, 7) is 3.84. The summed E-state index contributed by atoms with van der Waals surface area (Å²) in [5, 5.41) is 0. The van der Waals surface area contributed by atoms with Gasteiger partial charge in [0.15, 0.2) is 11.5 Å². The number of carbonyl (C=O) groups is 1. The molecule has 3 atom stereocenters. The van der Waals surface area contributed by atoms with Gasteiger partial charge in [-0.05, 0) is 61.6 Å². The number of benzene rings is 2. The van der Waals surface area contributed by atoms with Gasteiger partial charge in [0.2, 0.25) is 5.75 Å². The van der Waals surface area contributed by atoms with Crippen LogP contribution in [0.2, 0.25) is 0 Å². The van der Waals surface area contributed by atoms with Gasteiger partial charge >= 0.3 is 12.1 Å². The lowest BCUT2D eigenvalue weighted by Crippen LogP contribution is -2.25. The Kier molecular flexibility index (Phi) is 8.89. The molecule has 0 bridgehead atoms. The van der Waals surface area contributed by atoms with Crippen molar-refractivity contribution in [2.24, 2.45) is 11.8 Å². The highest BCUT2D eigenvalue weighted by Crippen LogP contribution is 2.46. The highest BCUT2D eigenvalue weighted by Gasteiger charge is 2.40. The van der Waals surface area contributed by atoms with Gasteiger partial charge < -0.3 is 23.7 Å². The Morgan fingerprint density at radius 1 is 1.06 bits per heavy atom. The van der Waals surface area contributed by atoms with Crippen LogP contribution in [-0.4, -0.2) is 40.5 Å². The van der Waals surface area contributed by atoms with E-state index in [1.165, 1.54) is 33.5 Å². The van der Waals surface area contributed by atoms with E-state index in [2.05, 4.69) is 0 Å². The summed E-state index contributed by atoms with van der Waals surface area (Å²) < 4.78 is 67.0. The van der Waals surface area contributed by atoms with Gasteiger partial charge in [0.1, 0.15) is 0 Å². The summed E-state index contributed by atoms with van der Waals surface area (Å²) in [6.07, 6.45) is -2.72. The Morgan fingerprint density at radius 3 is 2.17 bits per heavy atom. The van der Waals surface area contributed by atoms with E-state index in [1.807, 2.05) is 0 Å². The van der Waals surface area contributed by atoms with Crippen molar-refractivity contribution in [1.29, 1.82) is 0 Å². The van der Waals surface area contributed by atoms with Gasteiger partial charge in [-0.25, -0.2) is 4.79 Å². The predicted octanol–water partition coefficient (Wildman–Crippen LogP) is 5.79. The molecule has 196 valence electrons. The molecule has 0 aromatic heterocycles. The second-order valence-electron chi connectivity index (χ2n) is 8.61. The fourth-order valence-corrected chi connectivity index (χ4v) is 4.30. The van der Waals surface area contributed by atoms with Gasteiger partial charge in [-0.2, -0.15) is 13.2 Å². The van der Waals surface area contributed by atoms with Crippen LogP contribution in [-0.2, 0) is 26.9 Å². The van der Waals surface area contributed by atoms with Crippen LogP contribution in [0.3, 0.4) is 0 Å². The smallest absolute Gasteiger partial charge is 0.416 e. The normalized spacial score (nSPS) is 20.2. The summed E-state index contributed by atoms with van der Waals surface area (Å²) in [7, 11) is 4.55. The molecule has 1 heterocycles. The first-order valence-electron chi connectivity index (χ1n) is 11.5. The highest BCUT2D eigenvalue weighted by molar-refractivity contribution is 5.87. The fraction of sp³-hybridized carbons (Fsp3) is 0.444. The molecule has 3 rings (SSSR count). The van der Waals surface area contributed by atoms with Crippen molar-refractivity contribution >= 4 is 5.97 Å². The number of carbonyl (C=O) groups excluding carboxylic acids is 1. The molecule has 0 saturated carbocycles. The van der Waals surface area contributed by atoms with Gasteiger partial charge in [0, 0.05) is 11.5 Å². The first-order valence-corrected chi connectivity index (χ1v) is 11.5. The third-order valence-corrected chi connectivity index (χ3v) is 6.44. The molecule has 2 aromatic rings. The van der Waals surface area contributed by atoms with Crippen LogP contribution < -0.4 is 14.2 Å². The van der Waals surface area contributed by atoms with Crippen molar-refractivity contribution in [2.45, 2.75) is 32.5 Å². The minimum atomic E-state index is -4.39. The van der Waals surface area contributed by atoms with Crippen LogP contribution in [0.25, 0.3) is 0 Å². The van der Waals surface area contributed by atoms with E-state index in [-0.39, 0.29) is 18.4 Å². The summed E-state index contributed by atoms with van der Waals surface area (Å²) in [5.41, 5.74) is 1.28. The SMILES string of the molecule is CC=C(C)C(=O)OC[C@H]1[C@@H](Cc2ccc(C(F)(F)F)cc2)CO[C@@H]1c1cc(OC)c(OC)c(OC)c1. The van der Waals surface area contributed by atoms with Gasteiger partial charge in [0.05, 0.1) is 46.2 Å². The summed E-state index contributed by atoms with van der Waals surface area (Å²) in [6, 6.07) is 8.68. The largest absolute Gasteiger partial charge is 0.493 e. The van der Waals surface area contributed by atoms with E-state index >= 15 is 0 Å². The second-order valence-corrected chi connectivity index (χ2v) is 8.61. The second kappa shape index (κ2) is 11.7. The molecule has 1 fully saturated rings. The van der Waals surface area contributed by atoms with Crippen molar-refractivity contribution in [3.05, 3.63) is 64.7 Å². The number of halogens is 3. The van der Waals surface area contributed by atoms with Crippen molar-refractivity contribution in [3.8, 4) is 17.2 Å². The van der Waals surface area contributed by atoms with E-state index in [4.69, 9.17) is 23.7 Å². The third-order valence-electron chi connectivity index (χ3n) is 6.44. The van der Waals surface area contributed by atoms with E-state index in [1.54, 1.807) is 32.1 Å². The van der Waals surface area contributed by atoms with E-state index in [0.29, 0.717) is 35.8 Å². The zero-order valence-electron chi connectivity index (χ0n) is 21.0. The lowest BCUT2D eigenvalue weighted by atomic mass is 9.84. The van der Waals surface area contributed by atoms with Gasteiger partial charge in [-0.15, -0.1) is 0 Å². The number of alkyl halides is 3. The molecule has 0 unspecified atom stereocenters. The first-order chi connectivity index (χ1) is 17.1. The quantitative estimate of drug-likeness (QED) is 0.316. The Morgan fingerprint density at radius 2 is 1.67 bits per heavy atom. The van der Waals surface area contributed by atoms with Crippen LogP contribution >= 0.6 is 0 Å². The number of hydrogen-bond donors (Lipinski definition) is 0. The maximum Gasteiger partial charge on any atom is 0.416 e. The number of esters is 1. The molecule has 0 aliphatic carbocycles. The Hall–Kier alpha value is -3.20. The molecule has 1 aliphatic rings. The van der Waals surface area contributed by atoms with Gasteiger partial charge in [-0.1, -0.05) is 18.2 Å². The van der Waals surface area contributed by atoms with Crippen molar-refractivity contribution in [2.75, 3.05) is 34.5 Å². The van der Waals surface area contributed by atoms with Crippen LogP contribution in [0.5, 0.6) is 17.2 Å². The monoisotopic (exact) mass is 508 g/mol. The van der Waals surface area contributed by atoms with Crippen LogP contribution in [0.4, 0.5) is 13.2 Å². The van der Waals surface area contributed by atoms with Gasteiger partial charge in [0.25, 0.3) is 0 Å². The summed E-state index contributed by atoms with van der Waals surface area (Å²) in [4.78, 5) is 12.4. The maximum absolute atomic E-state index is 13.0. The number of ether oxygens (including phenoxy) is 5. The lowest BCUT2D eigenvalue weighted by Gasteiger charge is -2.24. The molecule has 6 nitrogen and oxygen atoms in total. The molecular formula is C27H31F3O6. The van der Waals surface area contributed by atoms with Crippen LogP contribution in [0.1, 0.15) is 36.6 Å². The minimum Gasteiger partial charge on any atom is -0.493 e. The zero-order valence-corrected chi connectivity index (χ0v) is 21.0. The molecule has 0 radical (unpaired) electrons. The fourth-order valence-electron chi connectivity index (χ4n) is 4.30. The first kappa shape index (κ1) is 27.4. The molecule has 1 aliphatic heterocycles. The number of hydrogen-bond acceptors (Lipinski definition) is 6. The highest BCUT2D eigenvalue weighted by atomic mass is 19.4. The summed E-state index contributed by atoms with van der Waals surface area (Å²) >= 11 is 0. The zero-order chi connectivity index (χ0) is 26.5. The molecule has 1 saturated heterocycles. The lowest BCUT2D eigenvalue weighted by molar-refractivity contribution is -0.141. The molecule has 9 heteroatoms. The molecule has 0 spiro atoms. The average molecular weight is 509 g/mol. The molecule has 2 aromatic carbocycles. The Labute approximate surface area is 208 Å². The van der Waals surface area contributed by atoms with Gasteiger partial charge in [-0.3, -0.25) is 0 Å². The maximum atomic E-state index is 13.0. The minimum absolute atomic E-state index is 0.0800. The van der Waals surface area contributed by atoms with Crippen LogP contribution in [0, 0.1) is 11.8 Å². The van der Waals surface area contributed by atoms with E-state index < -0.39 is 23.8 Å². The number of allylic oxidation sites excluding steroid dienone is 1. The van der Waals surface area contributed by atoms with Crippen molar-refractivity contribution < 1.29 is 41.7 Å². The molecule has 36 heavy (non-hydrogen) atoms. The topological polar surface area (TPSA) is 63.2 Å². The summed E-state index contributed by atoms with van der Waals surface area (Å²) in [5.74, 6) is 0.564. The van der Waals surface area contributed by atoms with E-state index in [0.717, 1.165) is 23.3 Å². The van der Waals surface area contributed by atoms with E-state index in [9.17, 15) is 18.0 Å². The Bertz CT molecular complexity index is 1050. The number of methoxy groups -OCH3 is 3. The van der Waals surface area contributed by atoms with Crippen molar-refractivity contribution in [1.82, 2.24) is 0 Å². The average Bonchev–Trinajstić information content (AvgIpc) is 3.27. The molecule has 0 N–H and O–H groups in total.